The van der Waals surface area contributed by atoms with Crippen LogP contribution in [0, 0.1) is 0 Å². The summed E-state index contributed by atoms with van der Waals surface area (Å²) in [7, 11) is 0. The van der Waals surface area contributed by atoms with E-state index in [0.717, 1.165) is 25.8 Å². The molecule has 4 nitrogen and oxygen atoms in total. The van der Waals surface area contributed by atoms with Crippen LogP contribution in [0.2, 0.25) is 0 Å². The summed E-state index contributed by atoms with van der Waals surface area (Å²) in [6.45, 7) is 0.869. The molecule has 1 aliphatic rings. The van der Waals surface area contributed by atoms with E-state index >= 15 is 0 Å². The van der Waals surface area contributed by atoms with Crippen molar-refractivity contribution in [3.05, 3.63) is 11.6 Å². The van der Waals surface area contributed by atoms with Crippen LogP contribution in [0.15, 0.2) is 0 Å². The first kappa shape index (κ1) is 11.4. The Morgan fingerprint density at radius 1 is 1.31 bits per heavy atom. The number of nitrogens with one attached hydrogen (secondary N) is 2. The summed E-state index contributed by atoms with van der Waals surface area (Å²) >= 11 is 0. The Balaban J connectivity index is 2.01. The van der Waals surface area contributed by atoms with Crippen LogP contribution >= 0.6 is 0 Å². The summed E-state index contributed by atoms with van der Waals surface area (Å²) < 4.78 is 36.3. The predicted octanol–water partition coefficient (Wildman–Crippen LogP) is 1.72. The molecule has 7 heteroatoms. The van der Waals surface area contributed by atoms with Crippen LogP contribution in [0.25, 0.3) is 0 Å². The fourth-order valence-corrected chi connectivity index (χ4v) is 1.81. The third-order valence-electron chi connectivity index (χ3n) is 2.54. The number of rotatable bonds is 2. The van der Waals surface area contributed by atoms with Crippen molar-refractivity contribution in [2.75, 3.05) is 6.54 Å². The zero-order valence-electron chi connectivity index (χ0n) is 8.64. The Kier molecular flexibility index (Phi) is 3.13. The molecular formula is C9H13F3N4. The van der Waals surface area contributed by atoms with Crippen molar-refractivity contribution in [2.45, 2.75) is 37.9 Å². The van der Waals surface area contributed by atoms with Gasteiger partial charge in [0.2, 0.25) is 0 Å². The second-order valence-electron chi connectivity index (χ2n) is 3.93. The highest BCUT2D eigenvalue weighted by atomic mass is 19.4. The number of alkyl halides is 3. The number of H-pyrrole nitrogens is 1. The molecule has 1 aromatic heterocycles. The highest BCUT2D eigenvalue weighted by molar-refractivity contribution is 4.99. The van der Waals surface area contributed by atoms with Crippen molar-refractivity contribution in [3.8, 4) is 0 Å². The largest absolute Gasteiger partial charge is 0.396 e. The lowest BCUT2D eigenvalue weighted by Crippen LogP contribution is -2.27. The zero-order chi connectivity index (χ0) is 11.6. The van der Waals surface area contributed by atoms with Crippen LogP contribution in [-0.4, -0.2) is 27.9 Å². The van der Waals surface area contributed by atoms with E-state index in [2.05, 4.69) is 20.5 Å². The normalized spacial score (nSPS) is 22.3. The lowest BCUT2D eigenvalue weighted by atomic mass is 10.0. The van der Waals surface area contributed by atoms with Gasteiger partial charge in [-0.15, -0.1) is 0 Å². The molecule has 2 rings (SSSR count). The van der Waals surface area contributed by atoms with Gasteiger partial charge >= 0.3 is 6.18 Å². The van der Waals surface area contributed by atoms with E-state index in [9.17, 15) is 13.2 Å². The van der Waals surface area contributed by atoms with E-state index in [4.69, 9.17) is 0 Å². The van der Waals surface area contributed by atoms with Gasteiger partial charge in [0.05, 0.1) is 6.04 Å². The lowest BCUT2D eigenvalue weighted by Gasteiger charge is -2.20. The maximum atomic E-state index is 12.1. The van der Waals surface area contributed by atoms with Crippen molar-refractivity contribution in [2.24, 2.45) is 0 Å². The van der Waals surface area contributed by atoms with Gasteiger partial charge in [0.25, 0.3) is 0 Å². The molecule has 2 heterocycles. The Hall–Kier alpha value is -1.11. The molecule has 0 spiro atoms. The van der Waals surface area contributed by atoms with Gasteiger partial charge in [0.1, 0.15) is 12.2 Å². The van der Waals surface area contributed by atoms with Gasteiger partial charge in [-0.1, -0.05) is 6.42 Å². The maximum Gasteiger partial charge on any atom is 0.396 e. The molecule has 1 aliphatic heterocycles. The van der Waals surface area contributed by atoms with Crippen LogP contribution in [0.3, 0.4) is 0 Å². The standard InChI is InChI=1S/C9H13F3N4/c10-9(11,12)5-7-14-8(16-15-7)6-3-1-2-4-13-6/h6,13H,1-5H2,(H,14,15,16). The molecule has 0 radical (unpaired) electrons. The summed E-state index contributed by atoms with van der Waals surface area (Å²) in [5.74, 6) is 0.328. The zero-order valence-corrected chi connectivity index (χ0v) is 8.64. The number of nitrogens with zero attached hydrogens (tertiary/aromatic N) is 2. The van der Waals surface area contributed by atoms with Gasteiger partial charge in [-0.2, -0.15) is 18.3 Å². The van der Waals surface area contributed by atoms with Gasteiger partial charge in [-0.3, -0.25) is 5.10 Å². The average molecular weight is 234 g/mol. The van der Waals surface area contributed by atoms with E-state index < -0.39 is 12.6 Å². The van der Waals surface area contributed by atoms with Crippen molar-refractivity contribution in [1.82, 2.24) is 20.5 Å². The molecule has 90 valence electrons. The summed E-state index contributed by atoms with van der Waals surface area (Å²) in [5, 5.41) is 9.35. The number of halogens is 3. The minimum Gasteiger partial charge on any atom is -0.307 e. The topological polar surface area (TPSA) is 53.6 Å². The molecule has 1 unspecified atom stereocenters. The number of piperidine rings is 1. The smallest absolute Gasteiger partial charge is 0.307 e. The lowest BCUT2D eigenvalue weighted by molar-refractivity contribution is -0.128. The number of aromatic nitrogens is 3. The summed E-state index contributed by atoms with van der Waals surface area (Å²) in [4.78, 5) is 3.87. The second-order valence-corrected chi connectivity index (χ2v) is 3.93. The van der Waals surface area contributed by atoms with E-state index in [0.29, 0.717) is 5.82 Å². The van der Waals surface area contributed by atoms with Crippen molar-refractivity contribution >= 4 is 0 Å². The van der Waals surface area contributed by atoms with E-state index in [1.54, 1.807) is 0 Å². The Bertz CT molecular complexity index is 341. The van der Waals surface area contributed by atoms with Crippen molar-refractivity contribution in [1.29, 1.82) is 0 Å². The van der Waals surface area contributed by atoms with Crippen molar-refractivity contribution in [3.63, 3.8) is 0 Å². The Labute approximate surface area is 90.6 Å². The first-order valence-corrected chi connectivity index (χ1v) is 5.26. The summed E-state index contributed by atoms with van der Waals surface area (Å²) in [6, 6.07) is -0.00742. The van der Waals surface area contributed by atoms with Crippen LogP contribution < -0.4 is 5.32 Å². The van der Waals surface area contributed by atoms with Gasteiger partial charge < -0.3 is 5.32 Å². The molecule has 0 amide bonds. The third kappa shape index (κ3) is 2.94. The van der Waals surface area contributed by atoms with Crippen LogP contribution in [-0.2, 0) is 6.42 Å². The highest BCUT2D eigenvalue weighted by Crippen LogP contribution is 2.22. The monoisotopic (exact) mass is 234 g/mol. The maximum absolute atomic E-state index is 12.1. The van der Waals surface area contributed by atoms with Gasteiger partial charge in [-0.05, 0) is 19.4 Å². The molecule has 1 saturated heterocycles. The summed E-state index contributed by atoms with van der Waals surface area (Å²) in [6.07, 6.45) is -2.26. The Morgan fingerprint density at radius 3 is 2.75 bits per heavy atom. The van der Waals surface area contributed by atoms with Crippen molar-refractivity contribution < 1.29 is 13.2 Å². The second kappa shape index (κ2) is 4.40. The van der Waals surface area contributed by atoms with Crippen LogP contribution in [0.1, 0.15) is 37.0 Å². The number of aromatic amines is 1. The minimum absolute atomic E-state index is 0.00742. The first-order valence-electron chi connectivity index (χ1n) is 5.26. The molecule has 0 saturated carbocycles. The molecule has 0 aromatic carbocycles. The van der Waals surface area contributed by atoms with Gasteiger partial charge in [0.15, 0.2) is 5.82 Å². The fourth-order valence-electron chi connectivity index (χ4n) is 1.81. The first-order chi connectivity index (χ1) is 7.54. The minimum atomic E-state index is -4.24. The highest BCUT2D eigenvalue weighted by Gasteiger charge is 2.30. The van der Waals surface area contributed by atoms with Crippen LogP contribution in [0.5, 0.6) is 0 Å². The molecular weight excluding hydrogens is 221 g/mol. The van der Waals surface area contributed by atoms with E-state index in [-0.39, 0.29) is 11.9 Å². The Morgan fingerprint density at radius 2 is 2.12 bits per heavy atom. The molecule has 1 atom stereocenters. The number of hydrogen-bond acceptors (Lipinski definition) is 3. The molecule has 1 fully saturated rings. The summed E-state index contributed by atoms with van der Waals surface area (Å²) in [5.41, 5.74) is 0. The number of hydrogen-bond donors (Lipinski definition) is 2. The molecule has 1 aromatic rings. The van der Waals surface area contributed by atoms with E-state index in [1.807, 2.05) is 0 Å². The van der Waals surface area contributed by atoms with Gasteiger partial charge in [0, 0.05) is 0 Å². The van der Waals surface area contributed by atoms with Crippen LogP contribution in [0.4, 0.5) is 13.2 Å². The molecule has 0 bridgehead atoms. The molecule has 0 aliphatic carbocycles. The molecule has 16 heavy (non-hydrogen) atoms. The average Bonchev–Trinajstić information content (AvgIpc) is 2.65. The molecule has 2 N–H and O–H groups in total. The van der Waals surface area contributed by atoms with E-state index in [1.165, 1.54) is 0 Å². The fraction of sp³-hybridized carbons (Fsp3) is 0.778. The van der Waals surface area contributed by atoms with Gasteiger partial charge in [-0.25, -0.2) is 4.98 Å². The quantitative estimate of drug-likeness (QED) is 0.819. The third-order valence-corrected chi connectivity index (χ3v) is 2.54. The SMILES string of the molecule is FC(F)(F)Cc1nc(C2CCCCN2)n[nH]1. The predicted molar refractivity (Wildman–Crippen MR) is 50.7 cm³/mol.